The smallest absolute Gasteiger partial charge is 0.320 e. The van der Waals surface area contributed by atoms with Gasteiger partial charge in [-0.2, -0.15) is 0 Å². The summed E-state index contributed by atoms with van der Waals surface area (Å²) in [6, 6.07) is 3.05. The number of halogens is 1. The highest BCUT2D eigenvalue weighted by Gasteiger charge is 2.32. The zero-order valence-corrected chi connectivity index (χ0v) is 19.2. The van der Waals surface area contributed by atoms with E-state index in [0.717, 1.165) is 39.1 Å². The molecule has 31 heavy (non-hydrogen) atoms. The van der Waals surface area contributed by atoms with E-state index in [9.17, 15) is 9.59 Å². The van der Waals surface area contributed by atoms with E-state index >= 15 is 0 Å². The fraction of sp³-hybridized carbons (Fsp3) is 0.619. The van der Waals surface area contributed by atoms with Crippen LogP contribution in [0.1, 0.15) is 23.7 Å². The van der Waals surface area contributed by atoms with E-state index in [4.69, 9.17) is 26.8 Å². The number of hydrogen-bond acceptors (Lipinski definition) is 6. The predicted octanol–water partition coefficient (Wildman–Crippen LogP) is 1.51. The molecule has 2 saturated heterocycles. The number of anilines is 1. The topological polar surface area (TPSA) is 100 Å². The van der Waals surface area contributed by atoms with Crippen LogP contribution < -0.4 is 15.8 Å². The highest BCUT2D eigenvalue weighted by molar-refractivity contribution is 6.33. The second-order valence-electron chi connectivity index (χ2n) is 7.87. The van der Waals surface area contributed by atoms with Crippen molar-refractivity contribution in [3.63, 3.8) is 0 Å². The maximum absolute atomic E-state index is 12.9. The van der Waals surface area contributed by atoms with Crippen LogP contribution >= 0.6 is 11.6 Å². The van der Waals surface area contributed by atoms with Gasteiger partial charge in [-0.1, -0.05) is 11.6 Å². The van der Waals surface area contributed by atoms with Crippen LogP contribution in [0.5, 0.6) is 5.75 Å². The molecule has 2 atom stereocenters. The Morgan fingerprint density at radius 1 is 1.23 bits per heavy atom. The van der Waals surface area contributed by atoms with Gasteiger partial charge in [0.05, 0.1) is 35.5 Å². The number of urea groups is 1. The minimum absolute atomic E-state index is 0.115. The summed E-state index contributed by atoms with van der Waals surface area (Å²) >= 11 is 6.10. The molecule has 3 rings (SSSR count). The van der Waals surface area contributed by atoms with Crippen molar-refractivity contribution in [2.24, 2.45) is 0 Å². The van der Waals surface area contributed by atoms with E-state index in [2.05, 4.69) is 10.2 Å². The summed E-state index contributed by atoms with van der Waals surface area (Å²) in [6.45, 7) is 7.29. The van der Waals surface area contributed by atoms with Gasteiger partial charge in [-0.3, -0.25) is 9.69 Å². The van der Waals surface area contributed by atoms with Gasteiger partial charge in [-0.25, -0.2) is 4.79 Å². The number of piperidine rings is 1. The SMILES string of the molecule is CCN1CCN(CCN2CC[C@@H](NC(=O)c3cc(Cl)c(N)cc3OC)[C@@H](OC)C2)C1=O. The number of amides is 3. The molecule has 10 heteroatoms. The fourth-order valence-corrected chi connectivity index (χ4v) is 4.31. The number of methoxy groups -OCH3 is 2. The Kier molecular flexibility index (Phi) is 7.85. The zero-order valence-electron chi connectivity index (χ0n) is 18.4. The van der Waals surface area contributed by atoms with Crippen molar-refractivity contribution in [3.05, 3.63) is 22.7 Å². The molecule has 0 saturated carbocycles. The third kappa shape index (κ3) is 5.34. The first-order valence-corrected chi connectivity index (χ1v) is 11.0. The third-order valence-electron chi connectivity index (χ3n) is 6.07. The number of nitrogens with two attached hydrogens (primary N) is 1. The molecule has 1 aromatic rings. The van der Waals surface area contributed by atoms with Crippen molar-refractivity contribution >= 4 is 29.2 Å². The van der Waals surface area contributed by atoms with Gasteiger partial charge in [0.25, 0.3) is 5.91 Å². The average molecular weight is 454 g/mol. The van der Waals surface area contributed by atoms with E-state index in [1.54, 1.807) is 13.2 Å². The Morgan fingerprint density at radius 3 is 2.61 bits per heavy atom. The van der Waals surface area contributed by atoms with E-state index in [1.807, 2.05) is 16.7 Å². The van der Waals surface area contributed by atoms with Gasteiger partial charge < -0.3 is 30.3 Å². The first-order chi connectivity index (χ1) is 14.9. The highest BCUT2D eigenvalue weighted by Crippen LogP contribution is 2.29. The van der Waals surface area contributed by atoms with Gasteiger partial charge in [0.2, 0.25) is 0 Å². The largest absolute Gasteiger partial charge is 0.496 e. The average Bonchev–Trinajstić information content (AvgIpc) is 3.13. The Balaban J connectivity index is 1.56. The normalized spacial score (nSPS) is 22.1. The summed E-state index contributed by atoms with van der Waals surface area (Å²) in [5.41, 5.74) is 6.51. The second-order valence-corrected chi connectivity index (χ2v) is 8.27. The quantitative estimate of drug-likeness (QED) is 0.579. The second kappa shape index (κ2) is 10.4. The van der Waals surface area contributed by atoms with Crippen molar-refractivity contribution in [2.45, 2.75) is 25.5 Å². The Hall–Kier alpha value is -2.23. The van der Waals surface area contributed by atoms with Gasteiger partial charge in [0.1, 0.15) is 5.75 Å². The van der Waals surface area contributed by atoms with Crippen LogP contribution in [-0.2, 0) is 4.74 Å². The molecule has 3 N–H and O–H groups in total. The minimum atomic E-state index is -0.276. The molecule has 9 nitrogen and oxygen atoms in total. The van der Waals surface area contributed by atoms with Crippen molar-refractivity contribution in [2.75, 3.05) is 65.8 Å². The molecule has 3 amide bonds. The van der Waals surface area contributed by atoms with Gasteiger partial charge in [0.15, 0.2) is 0 Å². The molecule has 0 radical (unpaired) electrons. The van der Waals surface area contributed by atoms with Crippen LogP contribution in [0, 0.1) is 0 Å². The van der Waals surface area contributed by atoms with Crippen LogP contribution in [0.4, 0.5) is 10.5 Å². The number of rotatable bonds is 8. The summed E-state index contributed by atoms with van der Waals surface area (Å²) in [5.74, 6) is 0.101. The van der Waals surface area contributed by atoms with Crippen LogP contribution in [-0.4, -0.2) is 98.8 Å². The Bertz CT molecular complexity index is 808. The van der Waals surface area contributed by atoms with Crippen molar-refractivity contribution in [1.82, 2.24) is 20.0 Å². The minimum Gasteiger partial charge on any atom is -0.496 e. The highest BCUT2D eigenvalue weighted by atomic mass is 35.5. The van der Waals surface area contributed by atoms with Crippen LogP contribution in [0.3, 0.4) is 0 Å². The number of nitrogens with one attached hydrogen (secondary N) is 1. The van der Waals surface area contributed by atoms with E-state index < -0.39 is 0 Å². The maximum Gasteiger partial charge on any atom is 0.320 e. The molecule has 1 aromatic carbocycles. The molecule has 0 spiro atoms. The number of nitrogen functional groups attached to an aromatic ring is 1. The van der Waals surface area contributed by atoms with Crippen LogP contribution in [0.25, 0.3) is 0 Å². The van der Waals surface area contributed by atoms with Crippen LogP contribution in [0.15, 0.2) is 12.1 Å². The molecule has 2 fully saturated rings. The predicted molar refractivity (Wildman–Crippen MR) is 120 cm³/mol. The Morgan fingerprint density at radius 2 is 1.97 bits per heavy atom. The number of ether oxygens (including phenoxy) is 2. The molecular weight excluding hydrogens is 422 g/mol. The number of carbonyl (C=O) groups excluding carboxylic acids is 2. The number of likely N-dealkylation sites (N-methyl/N-ethyl adjacent to an activating group) is 1. The zero-order chi connectivity index (χ0) is 22.5. The van der Waals surface area contributed by atoms with Crippen molar-refractivity contribution in [1.29, 1.82) is 0 Å². The van der Waals surface area contributed by atoms with Crippen molar-refractivity contribution in [3.8, 4) is 5.75 Å². The number of benzene rings is 1. The van der Waals surface area contributed by atoms with Crippen LogP contribution in [0.2, 0.25) is 5.02 Å². The van der Waals surface area contributed by atoms with Gasteiger partial charge in [0, 0.05) is 59.0 Å². The summed E-state index contributed by atoms with van der Waals surface area (Å²) < 4.78 is 11.0. The third-order valence-corrected chi connectivity index (χ3v) is 6.40. The number of nitrogens with zero attached hydrogens (tertiary/aromatic N) is 3. The number of carbonyl (C=O) groups is 2. The van der Waals surface area contributed by atoms with E-state index in [-0.39, 0.29) is 24.1 Å². The number of likely N-dealkylation sites (tertiary alicyclic amines) is 1. The maximum atomic E-state index is 12.9. The van der Waals surface area contributed by atoms with E-state index in [0.29, 0.717) is 35.1 Å². The number of hydrogen-bond donors (Lipinski definition) is 2. The molecule has 0 unspecified atom stereocenters. The molecule has 0 aliphatic carbocycles. The van der Waals surface area contributed by atoms with Gasteiger partial charge >= 0.3 is 6.03 Å². The molecule has 172 valence electrons. The molecule has 0 aromatic heterocycles. The lowest BCUT2D eigenvalue weighted by molar-refractivity contribution is 0.00513. The lowest BCUT2D eigenvalue weighted by Crippen LogP contribution is -2.55. The fourth-order valence-electron chi connectivity index (χ4n) is 4.14. The van der Waals surface area contributed by atoms with Gasteiger partial charge in [-0.15, -0.1) is 0 Å². The lowest BCUT2D eigenvalue weighted by Gasteiger charge is -2.38. The summed E-state index contributed by atoms with van der Waals surface area (Å²) in [7, 11) is 3.14. The molecule has 0 bridgehead atoms. The van der Waals surface area contributed by atoms with E-state index in [1.165, 1.54) is 13.2 Å². The monoisotopic (exact) mass is 453 g/mol. The first-order valence-electron chi connectivity index (χ1n) is 10.6. The lowest BCUT2D eigenvalue weighted by atomic mass is 10.0. The summed E-state index contributed by atoms with van der Waals surface area (Å²) in [5, 5.41) is 3.36. The summed E-state index contributed by atoms with van der Waals surface area (Å²) in [6.07, 6.45) is 0.582. The van der Waals surface area contributed by atoms with Gasteiger partial charge in [-0.05, 0) is 19.4 Å². The molecule has 2 heterocycles. The molecular formula is C21H32ClN5O4. The standard InChI is InChI=1S/C21H32ClN5O4/c1-4-26-9-10-27(21(26)29)8-7-25-6-5-17(19(13-25)31-3)24-20(28)14-11-15(22)16(23)12-18(14)30-2/h11-12,17,19H,4-10,13,23H2,1-3H3,(H,24,28)/t17-,19+/m1/s1. The van der Waals surface area contributed by atoms with Crippen molar-refractivity contribution < 1.29 is 19.1 Å². The first kappa shape index (κ1) is 23.4. The molecule has 2 aliphatic rings. The Labute approximate surface area is 188 Å². The summed E-state index contributed by atoms with van der Waals surface area (Å²) in [4.78, 5) is 31.2. The molecule has 2 aliphatic heterocycles.